The lowest BCUT2D eigenvalue weighted by Gasteiger charge is -2.23. The van der Waals surface area contributed by atoms with Crippen LogP contribution in [-0.2, 0) is 14.3 Å². The Labute approximate surface area is 211 Å². The zero-order valence-corrected chi connectivity index (χ0v) is 20.1. The van der Waals surface area contributed by atoms with Crippen molar-refractivity contribution in [2.45, 2.75) is 32.1 Å². The first kappa shape index (κ1) is 24.9. The number of nitrogens with one attached hydrogen (secondary N) is 4. The van der Waals surface area contributed by atoms with Crippen LogP contribution in [0.5, 0.6) is 0 Å². The number of anilines is 4. The van der Waals surface area contributed by atoms with Crippen molar-refractivity contribution in [2.75, 3.05) is 22.6 Å². The Bertz CT molecular complexity index is 1360. The van der Waals surface area contributed by atoms with E-state index in [1.807, 2.05) is 6.92 Å². The van der Waals surface area contributed by atoms with Crippen molar-refractivity contribution in [1.29, 1.82) is 0 Å². The van der Waals surface area contributed by atoms with Crippen LogP contribution in [0.4, 0.5) is 23.1 Å². The largest absolute Gasteiger partial charge is 0.462 e. The van der Waals surface area contributed by atoms with E-state index in [4.69, 9.17) is 16.3 Å². The topological polar surface area (TPSA) is 142 Å². The third-order valence-electron chi connectivity index (χ3n) is 5.47. The first-order chi connectivity index (χ1) is 17.3. The van der Waals surface area contributed by atoms with Gasteiger partial charge in [0.05, 0.1) is 23.7 Å². The van der Waals surface area contributed by atoms with Gasteiger partial charge in [-0.25, -0.2) is 4.79 Å². The molecule has 0 bridgehead atoms. The molecule has 3 aromatic rings. The fraction of sp³-hybridized carbons (Fsp3) is 0.240. The molecule has 0 spiro atoms. The summed E-state index contributed by atoms with van der Waals surface area (Å²) >= 11 is 5.99. The van der Waals surface area contributed by atoms with Crippen molar-refractivity contribution in [3.8, 4) is 0 Å². The van der Waals surface area contributed by atoms with Crippen LogP contribution >= 0.6 is 11.6 Å². The zero-order valence-electron chi connectivity index (χ0n) is 19.4. The molecule has 2 heterocycles. The maximum absolute atomic E-state index is 13.0. The third-order valence-corrected chi connectivity index (χ3v) is 5.71. The van der Waals surface area contributed by atoms with Crippen LogP contribution in [0, 0.1) is 0 Å². The van der Waals surface area contributed by atoms with Crippen molar-refractivity contribution in [1.82, 2.24) is 9.97 Å². The Kier molecular flexibility index (Phi) is 7.65. The number of rotatable bonds is 8. The molecule has 10 nitrogen and oxygen atoms in total. The highest BCUT2D eigenvalue weighted by molar-refractivity contribution is 6.30. The van der Waals surface area contributed by atoms with Gasteiger partial charge in [0.2, 0.25) is 17.8 Å². The summed E-state index contributed by atoms with van der Waals surface area (Å²) in [6, 6.07) is 13.0. The molecule has 4 N–H and O–H groups in total. The molecule has 0 radical (unpaired) electrons. The molecule has 1 aromatic heterocycles. The Hall–Kier alpha value is -4.18. The van der Waals surface area contributed by atoms with Gasteiger partial charge in [-0.15, -0.1) is 0 Å². The Morgan fingerprint density at radius 2 is 1.92 bits per heavy atom. The van der Waals surface area contributed by atoms with Crippen molar-refractivity contribution in [2.24, 2.45) is 0 Å². The van der Waals surface area contributed by atoms with E-state index < -0.39 is 29.3 Å². The number of hydrogen-bond donors (Lipinski definition) is 4. The monoisotopic (exact) mass is 509 g/mol. The number of benzene rings is 2. The molecule has 186 valence electrons. The summed E-state index contributed by atoms with van der Waals surface area (Å²) in [6.07, 6.45) is 1.48. The molecule has 0 saturated heterocycles. The number of hydrogen-bond acceptors (Lipinski definition) is 7. The smallest absolute Gasteiger partial charge is 0.338 e. The number of fused-ring (bicyclic) bond motifs is 1. The highest BCUT2D eigenvalue weighted by Gasteiger charge is 2.34. The molecule has 1 aliphatic rings. The number of unbranched alkanes of at least 4 members (excludes halogenated alkanes) is 1. The van der Waals surface area contributed by atoms with Crippen molar-refractivity contribution >= 4 is 52.5 Å². The maximum atomic E-state index is 13.0. The molecule has 0 aliphatic carbocycles. The molecule has 36 heavy (non-hydrogen) atoms. The van der Waals surface area contributed by atoms with Crippen LogP contribution < -0.4 is 21.5 Å². The highest BCUT2D eigenvalue weighted by atomic mass is 35.5. The van der Waals surface area contributed by atoms with Gasteiger partial charge in [0.15, 0.2) is 0 Å². The van der Waals surface area contributed by atoms with Gasteiger partial charge in [-0.05, 0) is 48.9 Å². The number of carbonyl (C=O) groups is 3. The Morgan fingerprint density at radius 3 is 2.64 bits per heavy atom. The van der Waals surface area contributed by atoms with Gasteiger partial charge < -0.3 is 20.7 Å². The van der Waals surface area contributed by atoms with Gasteiger partial charge in [0.25, 0.3) is 5.56 Å². The van der Waals surface area contributed by atoms with Crippen LogP contribution in [0.2, 0.25) is 5.02 Å². The summed E-state index contributed by atoms with van der Waals surface area (Å²) in [5.74, 6) is -2.40. The van der Waals surface area contributed by atoms with E-state index >= 15 is 0 Å². The molecular weight excluding hydrogens is 486 g/mol. The molecule has 1 aliphatic heterocycles. The van der Waals surface area contributed by atoms with E-state index in [-0.39, 0.29) is 23.8 Å². The van der Waals surface area contributed by atoms with Crippen LogP contribution in [-0.4, -0.2) is 34.4 Å². The van der Waals surface area contributed by atoms with Crippen molar-refractivity contribution in [3.05, 3.63) is 75.0 Å². The van der Waals surface area contributed by atoms with Crippen LogP contribution in [0.15, 0.2) is 53.3 Å². The molecule has 0 saturated carbocycles. The minimum absolute atomic E-state index is 0.00449. The number of amides is 2. The lowest BCUT2D eigenvalue weighted by molar-refractivity contribution is -0.123. The first-order valence-corrected chi connectivity index (χ1v) is 11.8. The van der Waals surface area contributed by atoms with Gasteiger partial charge in [-0.1, -0.05) is 31.0 Å². The Morgan fingerprint density at radius 1 is 1.14 bits per heavy atom. The number of halogens is 1. The van der Waals surface area contributed by atoms with E-state index in [1.54, 1.807) is 36.4 Å². The number of nitrogens with zero attached hydrogens (tertiary/aromatic N) is 1. The molecule has 4 rings (SSSR count). The van der Waals surface area contributed by atoms with Gasteiger partial charge in [0.1, 0.15) is 5.82 Å². The van der Waals surface area contributed by atoms with Crippen LogP contribution in [0.3, 0.4) is 0 Å². The third kappa shape index (κ3) is 5.89. The molecule has 0 unspecified atom stereocenters. The number of esters is 1. The second-order valence-corrected chi connectivity index (χ2v) is 8.61. The van der Waals surface area contributed by atoms with Gasteiger partial charge in [0, 0.05) is 22.8 Å². The lowest BCUT2D eigenvalue weighted by atomic mass is 9.92. The average Bonchev–Trinajstić information content (AvgIpc) is 2.84. The van der Waals surface area contributed by atoms with Crippen LogP contribution in [0.1, 0.15) is 48.0 Å². The first-order valence-electron chi connectivity index (χ1n) is 11.4. The van der Waals surface area contributed by atoms with Gasteiger partial charge in [-0.2, -0.15) is 4.98 Å². The minimum atomic E-state index is -1.05. The number of aromatic nitrogens is 2. The summed E-state index contributed by atoms with van der Waals surface area (Å²) in [6.45, 7) is 2.34. The Balaban J connectivity index is 1.50. The van der Waals surface area contributed by atoms with Crippen molar-refractivity contribution in [3.63, 3.8) is 0 Å². The highest BCUT2D eigenvalue weighted by Crippen LogP contribution is 2.30. The number of aromatic amines is 1. The minimum Gasteiger partial charge on any atom is -0.462 e. The fourth-order valence-electron chi connectivity index (χ4n) is 3.67. The summed E-state index contributed by atoms with van der Waals surface area (Å²) in [7, 11) is 0. The summed E-state index contributed by atoms with van der Waals surface area (Å²) in [5, 5.41) is 8.67. The summed E-state index contributed by atoms with van der Waals surface area (Å²) < 4.78 is 5.17. The standard InChI is InChI=1S/C25H24ClN5O5/c1-2-3-11-36-24(35)14-7-9-16(10-8-14)27-22(33)18-13-19(32)29-21-20(18)23(34)31-25(30-21)28-17-6-4-5-15(26)12-17/h4-10,12,18H,2-3,11,13H2,1H3,(H,27,33)(H3,28,29,30,31,32,34)/t18-/m1/s1. The molecule has 2 aromatic carbocycles. The fourth-order valence-corrected chi connectivity index (χ4v) is 3.86. The van der Waals surface area contributed by atoms with E-state index in [9.17, 15) is 19.2 Å². The zero-order chi connectivity index (χ0) is 25.7. The molecular formula is C25H24ClN5O5. The van der Waals surface area contributed by atoms with Gasteiger partial charge >= 0.3 is 5.97 Å². The lowest BCUT2D eigenvalue weighted by Crippen LogP contribution is -2.36. The van der Waals surface area contributed by atoms with E-state index in [1.165, 1.54) is 12.1 Å². The summed E-state index contributed by atoms with van der Waals surface area (Å²) in [5.41, 5.74) is 0.836. The van der Waals surface area contributed by atoms with Crippen LogP contribution in [0.25, 0.3) is 0 Å². The molecule has 1 atom stereocenters. The number of H-pyrrole nitrogens is 1. The SMILES string of the molecule is CCCCOC(=O)c1ccc(NC(=O)[C@@H]2CC(=O)Nc3nc(Nc4cccc(Cl)c4)[nH]c(=O)c32)cc1. The van der Waals surface area contributed by atoms with E-state index in [2.05, 4.69) is 25.9 Å². The normalized spacial score (nSPS) is 14.4. The second kappa shape index (κ2) is 11.0. The van der Waals surface area contributed by atoms with E-state index in [0.717, 1.165) is 12.8 Å². The summed E-state index contributed by atoms with van der Waals surface area (Å²) in [4.78, 5) is 57.2. The van der Waals surface area contributed by atoms with Gasteiger partial charge in [-0.3, -0.25) is 19.4 Å². The number of ether oxygens (including phenoxy) is 1. The molecule has 0 fully saturated rings. The maximum Gasteiger partial charge on any atom is 0.338 e. The van der Waals surface area contributed by atoms with E-state index in [0.29, 0.717) is 28.6 Å². The molecule has 2 amide bonds. The average molecular weight is 510 g/mol. The quantitative estimate of drug-likeness (QED) is 0.263. The predicted octanol–water partition coefficient (Wildman–Crippen LogP) is 4.19. The van der Waals surface area contributed by atoms with Crippen molar-refractivity contribution < 1.29 is 19.1 Å². The number of carbonyl (C=O) groups excluding carboxylic acids is 3. The molecule has 11 heteroatoms. The second-order valence-electron chi connectivity index (χ2n) is 8.17. The predicted molar refractivity (Wildman–Crippen MR) is 136 cm³/mol.